The average Bonchev–Trinajstić information content (AvgIpc) is 2.78. The lowest BCUT2D eigenvalue weighted by molar-refractivity contribution is 0.0738. The molecular formula is C14H29N3O. The van der Waals surface area contributed by atoms with E-state index in [0.29, 0.717) is 5.41 Å². The van der Waals surface area contributed by atoms with E-state index in [1.165, 1.54) is 32.4 Å². The van der Waals surface area contributed by atoms with Gasteiger partial charge in [0.2, 0.25) is 0 Å². The van der Waals surface area contributed by atoms with Crippen LogP contribution in [0.2, 0.25) is 0 Å². The second-order valence-corrected chi connectivity index (χ2v) is 6.31. The third-order valence-electron chi connectivity index (χ3n) is 4.54. The van der Waals surface area contributed by atoms with Crippen molar-refractivity contribution in [1.29, 1.82) is 0 Å². The highest BCUT2D eigenvalue weighted by molar-refractivity contribution is 4.90. The number of ether oxygens (including phenoxy) is 1. The van der Waals surface area contributed by atoms with E-state index in [2.05, 4.69) is 36.3 Å². The Labute approximate surface area is 112 Å². The Morgan fingerprint density at radius 3 is 2.94 bits per heavy atom. The van der Waals surface area contributed by atoms with Crippen molar-refractivity contribution in [2.75, 3.05) is 60.5 Å². The first-order valence-corrected chi connectivity index (χ1v) is 7.26. The summed E-state index contributed by atoms with van der Waals surface area (Å²) in [4.78, 5) is 5.03. The van der Waals surface area contributed by atoms with Crippen LogP contribution in [0.5, 0.6) is 0 Å². The molecule has 4 heteroatoms. The van der Waals surface area contributed by atoms with Crippen LogP contribution in [0.25, 0.3) is 0 Å². The monoisotopic (exact) mass is 255 g/mol. The summed E-state index contributed by atoms with van der Waals surface area (Å²) in [7, 11) is 6.58. The van der Waals surface area contributed by atoms with Gasteiger partial charge >= 0.3 is 0 Å². The summed E-state index contributed by atoms with van der Waals surface area (Å²) in [6.07, 6.45) is 3.87. The van der Waals surface area contributed by atoms with Crippen LogP contribution in [0, 0.1) is 5.41 Å². The molecule has 2 fully saturated rings. The maximum atomic E-state index is 5.65. The Balaban J connectivity index is 1.89. The summed E-state index contributed by atoms with van der Waals surface area (Å²) >= 11 is 0. The van der Waals surface area contributed by atoms with Crippen LogP contribution in [0.15, 0.2) is 0 Å². The maximum Gasteiger partial charge on any atom is 0.0547 e. The van der Waals surface area contributed by atoms with Crippen LogP contribution in [0.1, 0.15) is 19.3 Å². The average molecular weight is 255 g/mol. The summed E-state index contributed by atoms with van der Waals surface area (Å²) in [5, 5.41) is 3.35. The van der Waals surface area contributed by atoms with Gasteiger partial charge in [-0.3, -0.25) is 0 Å². The predicted octanol–water partition coefficient (Wildman–Crippen LogP) is 0.639. The first kappa shape index (κ1) is 14.3. The molecule has 0 radical (unpaired) electrons. The number of nitrogens with zero attached hydrogens (tertiary/aromatic N) is 2. The van der Waals surface area contributed by atoms with E-state index in [1.54, 1.807) is 0 Å². The number of likely N-dealkylation sites (N-methyl/N-ethyl adjacent to an activating group) is 2. The molecule has 0 spiro atoms. The molecular weight excluding hydrogens is 226 g/mol. The van der Waals surface area contributed by atoms with Gasteiger partial charge < -0.3 is 19.9 Å². The SMILES string of the molecule is CNCC1(CN(C)C2CCCN(C)C2)CCOC1. The quantitative estimate of drug-likeness (QED) is 0.780. The summed E-state index contributed by atoms with van der Waals surface area (Å²) in [6, 6.07) is 0.720. The molecule has 2 heterocycles. The van der Waals surface area contributed by atoms with Crippen molar-refractivity contribution in [3.05, 3.63) is 0 Å². The van der Waals surface area contributed by atoms with Gasteiger partial charge in [-0.25, -0.2) is 0 Å². The van der Waals surface area contributed by atoms with E-state index in [1.807, 2.05) is 0 Å². The van der Waals surface area contributed by atoms with Crippen molar-refractivity contribution in [3.8, 4) is 0 Å². The third-order valence-corrected chi connectivity index (χ3v) is 4.54. The lowest BCUT2D eigenvalue weighted by atomic mass is 9.86. The molecule has 106 valence electrons. The smallest absolute Gasteiger partial charge is 0.0547 e. The molecule has 2 saturated heterocycles. The van der Waals surface area contributed by atoms with Crippen LogP contribution in [0.4, 0.5) is 0 Å². The molecule has 2 aliphatic rings. The maximum absolute atomic E-state index is 5.65. The minimum atomic E-state index is 0.333. The van der Waals surface area contributed by atoms with Gasteiger partial charge in [-0.1, -0.05) is 0 Å². The fourth-order valence-electron chi connectivity index (χ4n) is 3.50. The number of rotatable bonds is 5. The van der Waals surface area contributed by atoms with Crippen molar-refractivity contribution in [1.82, 2.24) is 15.1 Å². The normalized spacial score (nSPS) is 34.3. The minimum absolute atomic E-state index is 0.333. The van der Waals surface area contributed by atoms with Crippen molar-refractivity contribution in [2.45, 2.75) is 25.3 Å². The lowest BCUT2D eigenvalue weighted by Crippen LogP contribution is -2.50. The Kier molecular flexibility index (Phi) is 5.01. The van der Waals surface area contributed by atoms with Crippen LogP contribution in [-0.4, -0.2) is 76.4 Å². The van der Waals surface area contributed by atoms with Gasteiger partial charge in [-0.15, -0.1) is 0 Å². The topological polar surface area (TPSA) is 27.7 Å². The van der Waals surface area contributed by atoms with Crippen molar-refractivity contribution < 1.29 is 4.74 Å². The van der Waals surface area contributed by atoms with E-state index >= 15 is 0 Å². The molecule has 0 aromatic heterocycles. The van der Waals surface area contributed by atoms with E-state index in [9.17, 15) is 0 Å². The van der Waals surface area contributed by atoms with Gasteiger partial charge in [0.1, 0.15) is 0 Å². The molecule has 0 aliphatic carbocycles. The zero-order valence-electron chi connectivity index (χ0n) is 12.2. The third kappa shape index (κ3) is 3.44. The summed E-state index contributed by atoms with van der Waals surface area (Å²) in [5.74, 6) is 0. The molecule has 0 amide bonds. The van der Waals surface area contributed by atoms with Crippen LogP contribution < -0.4 is 5.32 Å². The summed E-state index contributed by atoms with van der Waals surface area (Å²) in [6.45, 7) is 6.55. The highest BCUT2D eigenvalue weighted by Gasteiger charge is 2.37. The molecule has 2 atom stereocenters. The molecule has 2 aliphatic heterocycles. The zero-order chi connectivity index (χ0) is 13.0. The molecule has 0 saturated carbocycles. The van der Waals surface area contributed by atoms with E-state index < -0.39 is 0 Å². The minimum Gasteiger partial charge on any atom is -0.381 e. The fraction of sp³-hybridized carbons (Fsp3) is 1.00. The Bertz CT molecular complexity index is 253. The second-order valence-electron chi connectivity index (χ2n) is 6.31. The highest BCUT2D eigenvalue weighted by Crippen LogP contribution is 2.30. The Hall–Kier alpha value is -0.160. The molecule has 2 unspecified atom stereocenters. The molecule has 0 bridgehead atoms. The van der Waals surface area contributed by atoms with Gasteiger partial charge in [-0.05, 0) is 47.0 Å². The van der Waals surface area contributed by atoms with E-state index in [4.69, 9.17) is 4.74 Å². The molecule has 4 nitrogen and oxygen atoms in total. The number of piperidine rings is 1. The molecule has 18 heavy (non-hydrogen) atoms. The predicted molar refractivity (Wildman–Crippen MR) is 74.9 cm³/mol. The van der Waals surface area contributed by atoms with E-state index in [0.717, 1.165) is 32.3 Å². The standard InChI is InChI=1S/C14H29N3O/c1-15-10-14(6-8-18-12-14)11-17(3)13-5-4-7-16(2)9-13/h13,15H,4-12H2,1-3H3. The molecule has 2 rings (SSSR count). The van der Waals surface area contributed by atoms with Gasteiger partial charge in [-0.2, -0.15) is 0 Å². The Morgan fingerprint density at radius 1 is 1.50 bits per heavy atom. The number of nitrogens with one attached hydrogen (secondary N) is 1. The van der Waals surface area contributed by atoms with Gasteiger partial charge in [0, 0.05) is 37.7 Å². The van der Waals surface area contributed by atoms with Crippen LogP contribution >= 0.6 is 0 Å². The van der Waals surface area contributed by atoms with Crippen molar-refractivity contribution >= 4 is 0 Å². The Morgan fingerprint density at radius 2 is 2.33 bits per heavy atom. The van der Waals surface area contributed by atoms with E-state index in [-0.39, 0.29) is 0 Å². The lowest BCUT2D eigenvalue weighted by Gasteiger charge is -2.40. The largest absolute Gasteiger partial charge is 0.381 e. The van der Waals surface area contributed by atoms with Gasteiger partial charge in [0.05, 0.1) is 6.61 Å². The number of likely N-dealkylation sites (tertiary alicyclic amines) is 1. The van der Waals surface area contributed by atoms with Gasteiger partial charge in [0.25, 0.3) is 0 Å². The van der Waals surface area contributed by atoms with Crippen LogP contribution in [0.3, 0.4) is 0 Å². The summed E-state index contributed by atoms with van der Waals surface area (Å²) in [5.41, 5.74) is 0.333. The van der Waals surface area contributed by atoms with Crippen LogP contribution in [-0.2, 0) is 4.74 Å². The first-order chi connectivity index (χ1) is 8.65. The number of hydrogen-bond acceptors (Lipinski definition) is 4. The highest BCUT2D eigenvalue weighted by atomic mass is 16.5. The van der Waals surface area contributed by atoms with Crippen molar-refractivity contribution in [2.24, 2.45) is 5.41 Å². The fourth-order valence-corrected chi connectivity index (χ4v) is 3.50. The summed E-state index contributed by atoms with van der Waals surface area (Å²) < 4.78 is 5.65. The second kappa shape index (κ2) is 6.33. The molecule has 0 aromatic rings. The first-order valence-electron chi connectivity index (χ1n) is 7.26. The van der Waals surface area contributed by atoms with Crippen molar-refractivity contribution in [3.63, 3.8) is 0 Å². The molecule has 1 N–H and O–H groups in total. The zero-order valence-corrected chi connectivity index (χ0v) is 12.2. The molecule has 0 aromatic carbocycles. The number of hydrogen-bond donors (Lipinski definition) is 1. The van der Waals surface area contributed by atoms with Gasteiger partial charge in [0.15, 0.2) is 0 Å².